The van der Waals surface area contributed by atoms with Crippen LogP contribution in [0.4, 0.5) is 0 Å². The Labute approximate surface area is 137 Å². The van der Waals surface area contributed by atoms with Crippen molar-refractivity contribution in [2.45, 2.75) is 25.7 Å². The molecule has 2 aromatic carbocycles. The Kier molecular flexibility index (Phi) is 6.63. The number of hydrogen-bond donors (Lipinski definition) is 2. The van der Waals surface area contributed by atoms with E-state index >= 15 is 0 Å². The van der Waals surface area contributed by atoms with Crippen molar-refractivity contribution in [2.24, 2.45) is 11.5 Å². The standard InChI is InChI=1S/C10H11NO2.C9H13N/c11-10(12)8-3-4-9-7(6-8)2-1-5-13-9;10-8-4-7-9-5-2-1-3-6-9/h3-4,6H,1-2,5H2,(H2,11,12);1-3,5-6H,4,7-8,10H2. The van der Waals surface area contributed by atoms with Crippen LogP contribution in [0.1, 0.15) is 34.3 Å². The number of primary amides is 1. The largest absolute Gasteiger partial charge is 0.493 e. The van der Waals surface area contributed by atoms with E-state index in [9.17, 15) is 4.79 Å². The van der Waals surface area contributed by atoms with E-state index in [1.54, 1.807) is 6.07 Å². The molecule has 122 valence electrons. The average Bonchev–Trinajstić information content (AvgIpc) is 2.61. The molecule has 0 aliphatic carbocycles. The van der Waals surface area contributed by atoms with E-state index in [1.807, 2.05) is 18.2 Å². The normalized spacial score (nSPS) is 12.4. The fraction of sp³-hybridized carbons (Fsp3) is 0.316. The monoisotopic (exact) mass is 312 g/mol. The molecule has 0 saturated heterocycles. The average molecular weight is 312 g/mol. The van der Waals surface area contributed by atoms with Crippen molar-refractivity contribution in [3.8, 4) is 5.75 Å². The second-order valence-electron chi connectivity index (χ2n) is 5.52. The maximum absolute atomic E-state index is 10.9. The summed E-state index contributed by atoms with van der Waals surface area (Å²) < 4.78 is 5.41. The van der Waals surface area contributed by atoms with Crippen LogP contribution in [0.2, 0.25) is 0 Å². The number of fused-ring (bicyclic) bond motifs is 1. The summed E-state index contributed by atoms with van der Waals surface area (Å²) in [5.74, 6) is 0.504. The van der Waals surface area contributed by atoms with Gasteiger partial charge in [-0.2, -0.15) is 0 Å². The molecule has 4 N–H and O–H groups in total. The third-order valence-electron chi connectivity index (χ3n) is 3.71. The van der Waals surface area contributed by atoms with Crippen LogP contribution in [0.15, 0.2) is 48.5 Å². The maximum atomic E-state index is 10.9. The first kappa shape index (κ1) is 17.0. The summed E-state index contributed by atoms with van der Waals surface area (Å²) in [5.41, 5.74) is 13.6. The highest BCUT2D eigenvalue weighted by Gasteiger charge is 2.11. The molecule has 0 fully saturated rings. The lowest BCUT2D eigenvalue weighted by Crippen LogP contribution is -2.13. The predicted molar refractivity (Wildman–Crippen MR) is 92.6 cm³/mol. The highest BCUT2D eigenvalue weighted by molar-refractivity contribution is 5.93. The van der Waals surface area contributed by atoms with Crippen LogP contribution in [0, 0.1) is 0 Å². The van der Waals surface area contributed by atoms with E-state index in [0.717, 1.165) is 50.1 Å². The van der Waals surface area contributed by atoms with Crippen LogP contribution < -0.4 is 16.2 Å². The summed E-state index contributed by atoms with van der Waals surface area (Å²) in [5, 5.41) is 0. The first-order valence-electron chi connectivity index (χ1n) is 8.00. The zero-order valence-corrected chi connectivity index (χ0v) is 13.3. The fourth-order valence-electron chi connectivity index (χ4n) is 2.46. The topological polar surface area (TPSA) is 78.3 Å². The molecule has 2 aromatic rings. The Bertz CT molecular complexity index is 627. The summed E-state index contributed by atoms with van der Waals surface area (Å²) >= 11 is 0. The van der Waals surface area contributed by atoms with Crippen molar-refractivity contribution < 1.29 is 9.53 Å². The van der Waals surface area contributed by atoms with Gasteiger partial charge in [-0.1, -0.05) is 30.3 Å². The zero-order valence-electron chi connectivity index (χ0n) is 13.3. The summed E-state index contributed by atoms with van der Waals surface area (Å²) in [6, 6.07) is 15.8. The van der Waals surface area contributed by atoms with Gasteiger partial charge in [-0.05, 0) is 61.6 Å². The molecule has 0 saturated carbocycles. The van der Waals surface area contributed by atoms with Crippen LogP contribution in [0.3, 0.4) is 0 Å². The van der Waals surface area contributed by atoms with Crippen molar-refractivity contribution >= 4 is 5.91 Å². The van der Waals surface area contributed by atoms with Crippen molar-refractivity contribution in [1.29, 1.82) is 0 Å². The van der Waals surface area contributed by atoms with Crippen molar-refractivity contribution in [3.05, 3.63) is 65.2 Å². The highest BCUT2D eigenvalue weighted by Crippen LogP contribution is 2.25. The molecule has 0 spiro atoms. The fourth-order valence-corrected chi connectivity index (χ4v) is 2.46. The smallest absolute Gasteiger partial charge is 0.248 e. The quantitative estimate of drug-likeness (QED) is 0.911. The first-order valence-corrected chi connectivity index (χ1v) is 8.00. The van der Waals surface area contributed by atoms with Crippen LogP contribution >= 0.6 is 0 Å². The SMILES string of the molecule is NC(=O)c1ccc2c(c1)CCCO2.NCCCc1ccccc1. The lowest BCUT2D eigenvalue weighted by atomic mass is 10.0. The van der Waals surface area contributed by atoms with Crippen molar-refractivity contribution in [2.75, 3.05) is 13.2 Å². The number of ether oxygens (including phenoxy) is 1. The summed E-state index contributed by atoms with van der Waals surface area (Å²) in [6.45, 7) is 1.55. The van der Waals surface area contributed by atoms with Crippen LogP contribution in [0.25, 0.3) is 0 Å². The zero-order chi connectivity index (χ0) is 16.5. The van der Waals surface area contributed by atoms with Gasteiger partial charge < -0.3 is 16.2 Å². The van der Waals surface area contributed by atoms with Gasteiger partial charge in [-0.3, -0.25) is 4.79 Å². The second kappa shape index (κ2) is 8.96. The number of hydrogen-bond acceptors (Lipinski definition) is 3. The van der Waals surface area contributed by atoms with Crippen LogP contribution in [0.5, 0.6) is 5.75 Å². The molecule has 0 bridgehead atoms. The molecule has 0 radical (unpaired) electrons. The molecule has 1 aliphatic rings. The molecule has 4 nitrogen and oxygen atoms in total. The number of amides is 1. The van der Waals surface area contributed by atoms with Gasteiger partial charge in [0.05, 0.1) is 6.61 Å². The first-order chi connectivity index (χ1) is 11.2. The number of benzene rings is 2. The molecular weight excluding hydrogens is 288 g/mol. The van der Waals surface area contributed by atoms with Gasteiger partial charge in [-0.25, -0.2) is 0 Å². The number of rotatable bonds is 4. The van der Waals surface area contributed by atoms with E-state index in [4.69, 9.17) is 16.2 Å². The molecule has 4 heteroatoms. The molecular formula is C19H24N2O2. The minimum absolute atomic E-state index is 0.381. The molecule has 0 unspecified atom stereocenters. The van der Waals surface area contributed by atoms with E-state index < -0.39 is 0 Å². The number of aryl methyl sites for hydroxylation is 2. The number of carbonyl (C=O) groups excluding carboxylic acids is 1. The van der Waals surface area contributed by atoms with Crippen molar-refractivity contribution in [3.63, 3.8) is 0 Å². The van der Waals surface area contributed by atoms with Crippen molar-refractivity contribution in [1.82, 2.24) is 0 Å². The molecule has 3 rings (SSSR count). The summed E-state index contributed by atoms with van der Waals surface area (Å²) in [6.07, 6.45) is 4.17. The molecule has 0 aromatic heterocycles. The summed E-state index contributed by atoms with van der Waals surface area (Å²) in [7, 11) is 0. The minimum atomic E-state index is -0.381. The number of carbonyl (C=O) groups is 1. The highest BCUT2D eigenvalue weighted by atomic mass is 16.5. The van der Waals surface area contributed by atoms with Crippen LogP contribution in [-0.4, -0.2) is 19.1 Å². The predicted octanol–water partition coefficient (Wildman–Crippen LogP) is 2.69. The van der Waals surface area contributed by atoms with Gasteiger partial charge in [0.15, 0.2) is 0 Å². The van der Waals surface area contributed by atoms with Gasteiger partial charge >= 0.3 is 0 Å². The number of nitrogens with two attached hydrogens (primary N) is 2. The van der Waals surface area contributed by atoms with Gasteiger partial charge in [0.1, 0.15) is 5.75 Å². The second-order valence-corrected chi connectivity index (χ2v) is 5.52. The summed E-state index contributed by atoms with van der Waals surface area (Å²) in [4.78, 5) is 10.9. The van der Waals surface area contributed by atoms with E-state index in [2.05, 4.69) is 24.3 Å². The Morgan fingerprint density at radius 1 is 1.13 bits per heavy atom. The Balaban J connectivity index is 0.000000174. The Morgan fingerprint density at radius 2 is 1.91 bits per heavy atom. The molecule has 23 heavy (non-hydrogen) atoms. The maximum Gasteiger partial charge on any atom is 0.248 e. The van der Waals surface area contributed by atoms with Gasteiger partial charge in [0.25, 0.3) is 0 Å². The third kappa shape index (κ3) is 5.42. The van der Waals surface area contributed by atoms with Gasteiger partial charge in [0, 0.05) is 5.56 Å². The molecule has 1 amide bonds. The lowest BCUT2D eigenvalue weighted by Gasteiger charge is -2.17. The molecule has 1 heterocycles. The Hall–Kier alpha value is -2.33. The molecule has 1 aliphatic heterocycles. The van der Waals surface area contributed by atoms with E-state index in [-0.39, 0.29) is 5.91 Å². The van der Waals surface area contributed by atoms with Crippen LogP contribution in [-0.2, 0) is 12.8 Å². The van der Waals surface area contributed by atoms with E-state index in [0.29, 0.717) is 5.56 Å². The minimum Gasteiger partial charge on any atom is -0.493 e. The lowest BCUT2D eigenvalue weighted by molar-refractivity contribution is 0.1000. The Morgan fingerprint density at radius 3 is 2.61 bits per heavy atom. The van der Waals surface area contributed by atoms with E-state index in [1.165, 1.54) is 5.56 Å². The van der Waals surface area contributed by atoms with Gasteiger partial charge in [-0.15, -0.1) is 0 Å². The third-order valence-corrected chi connectivity index (χ3v) is 3.71. The van der Waals surface area contributed by atoms with Gasteiger partial charge in [0.2, 0.25) is 5.91 Å². The molecule has 0 atom stereocenters.